The second kappa shape index (κ2) is 5.05. The van der Waals surface area contributed by atoms with E-state index < -0.39 is 11.6 Å². The maximum absolute atomic E-state index is 13.5. The van der Waals surface area contributed by atoms with E-state index in [0.717, 1.165) is 6.07 Å². The van der Waals surface area contributed by atoms with Crippen LogP contribution in [0.5, 0.6) is 0 Å². The van der Waals surface area contributed by atoms with E-state index in [0.29, 0.717) is 17.9 Å². The van der Waals surface area contributed by atoms with Gasteiger partial charge in [0.1, 0.15) is 17.4 Å². The van der Waals surface area contributed by atoms with E-state index in [4.69, 9.17) is 4.52 Å². The van der Waals surface area contributed by atoms with Crippen LogP contribution in [0.3, 0.4) is 0 Å². The SMILES string of the molecule is CC(NCc1ccno1)c1ccc(F)cc1F. The molecule has 3 nitrogen and oxygen atoms in total. The summed E-state index contributed by atoms with van der Waals surface area (Å²) in [5.41, 5.74) is 0.422. The van der Waals surface area contributed by atoms with Crippen LogP contribution in [-0.2, 0) is 6.54 Å². The molecule has 90 valence electrons. The number of benzene rings is 1. The van der Waals surface area contributed by atoms with Crippen LogP contribution in [0.25, 0.3) is 0 Å². The predicted octanol–water partition coefficient (Wildman–Crippen LogP) is 2.80. The standard InChI is InChI=1S/C12H12F2N2O/c1-8(15-7-10-4-5-16-17-10)11-3-2-9(13)6-12(11)14/h2-6,8,15H,7H2,1H3. The Balaban J connectivity index is 2.01. The van der Waals surface area contributed by atoms with Crippen molar-refractivity contribution in [1.29, 1.82) is 0 Å². The van der Waals surface area contributed by atoms with E-state index >= 15 is 0 Å². The molecule has 17 heavy (non-hydrogen) atoms. The van der Waals surface area contributed by atoms with Gasteiger partial charge in [-0.15, -0.1) is 0 Å². The average Bonchev–Trinajstić information content (AvgIpc) is 2.78. The van der Waals surface area contributed by atoms with Crippen molar-refractivity contribution in [2.24, 2.45) is 0 Å². The van der Waals surface area contributed by atoms with Gasteiger partial charge < -0.3 is 9.84 Å². The van der Waals surface area contributed by atoms with Crippen LogP contribution in [0.15, 0.2) is 35.0 Å². The van der Waals surface area contributed by atoms with Gasteiger partial charge >= 0.3 is 0 Å². The van der Waals surface area contributed by atoms with Crippen molar-refractivity contribution in [3.63, 3.8) is 0 Å². The first-order chi connectivity index (χ1) is 8.16. The van der Waals surface area contributed by atoms with Gasteiger partial charge in [0.05, 0.1) is 12.7 Å². The lowest BCUT2D eigenvalue weighted by Gasteiger charge is -2.13. The van der Waals surface area contributed by atoms with Gasteiger partial charge in [-0.2, -0.15) is 0 Å². The van der Waals surface area contributed by atoms with E-state index in [-0.39, 0.29) is 6.04 Å². The summed E-state index contributed by atoms with van der Waals surface area (Å²) >= 11 is 0. The lowest BCUT2D eigenvalue weighted by molar-refractivity contribution is 0.364. The Hall–Kier alpha value is -1.75. The van der Waals surface area contributed by atoms with E-state index in [1.54, 1.807) is 19.2 Å². The van der Waals surface area contributed by atoms with Crippen molar-refractivity contribution in [2.45, 2.75) is 19.5 Å². The van der Waals surface area contributed by atoms with Crippen molar-refractivity contribution < 1.29 is 13.3 Å². The average molecular weight is 238 g/mol. The van der Waals surface area contributed by atoms with Crippen LogP contribution in [0, 0.1) is 11.6 Å². The largest absolute Gasteiger partial charge is 0.360 e. The van der Waals surface area contributed by atoms with E-state index in [1.807, 2.05) is 0 Å². The number of hydrogen-bond donors (Lipinski definition) is 1. The topological polar surface area (TPSA) is 38.1 Å². The minimum absolute atomic E-state index is 0.235. The van der Waals surface area contributed by atoms with Gasteiger partial charge in [-0.25, -0.2) is 8.78 Å². The Morgan fingerprint density at radius 3 is 2.82 bits per heavy atom. The third-order valence-electron chi connectivity index (χ3n) is 2.50. The molecule has 0 aliphatic rings. The summed E-state index contributed by atoms with van der Waals surface area (Å²) in [6.07, 6.45) is 1.54. The fourth-order valence-corrected chi connectivity index (χ4v) is 1.55. The molecule has 1 heterocycles. The zero-order valence-electron chi connectivity index (χ0n) is 9.28. The zero-order chi connectivity index (χ0) is 12.3. The maximum atomic E-state index is 13.5. The summed E-state index contributed by atoms with van der Waals surface area (Å²) in [6.45, 7) is 2.24. The fraction of sp³-hybridized carbons (Fsp3) is 0.250. The highest BCUT2D eigenvalue weighted by molar-refractivity contribution is 5.21. The second-order valence-electron chi connectivity index (χ2n) is 3.75. The maximum Gasteiger partial charge on any atom is 0.150 e. The van der Waals surface area contributed by atoms with Crippen molar-refractivity contribution in [1.82, 2.24) is 10.5 Å². The molecule has 0 aliphatic heterocycles. The first kappa shape index (κ1) is 11.7. The summed E-state index contributed by atoms with van der Waals surface area (Å²) in [5.74, 6) is -0.462. The fourth-order valence-electron chi connectivity index (χ4n) is 1.55. The van der Waals surface area contributed by atoms with Crippen LogP contribution < -0.4 is 5.32 Å². The van der Waals surface area contributed by atoms with Crippen LogP contribution in [-0.4, -0.2) is 5.16 Å². The smallest absolute Gasteiger partial charge is 0.150 e. The summed E-state index contributed by atoms with van der Waals surface area (Å²) in [6, 6.07) is 5.04. The lowest BCUT2D eigenvalue weighted by Crippen LogP contribution is -2.18. The molecule has 1 aromatic carbocycles. The number of halogens is 2. The van der Waals surface area contributed by atoms with Crippen molar-refractivity contribution in [3.05, 3.63) is 53.4 Å². The van der Waals surface area contributed by atoms with Crippen LogP contribution >= 0.6 is 0 Å². The van der Waals surface area contributed by atoms with E-state index in [2.05, 4.69) is 10.5 Å². The molecule has 0 bridgehead atoms. The van der Waals surface area contributed by atoms with Gasteiger partial charge in [0, 0.05) is 23.7 Å². The number of nitrogens with one attached hydrogen (secondary N) is 1. The highest BCUT2D eigenvalue weighted by atomic mass is 19.1. The Bertz CT molecular complexity index is 485. The third-order valence-corrected chi connectivity index (χ3v) is 2.50. The molecule has 0 fully saturated rings. The number of nitrogens with zero attached hydrogens (tertiary/aromatic N) is 1. The first-order valence-corrected chi connectivity index (χ1v) is 5.24. The molecule has 0 aliphatic carbocycles. The first-order valence-electron chi connectivity index (χ1n) is 5.24. The Kier molecular flexibility index (Phi) is 3.49. The highest BCUT2D eigenvalue weighted by Gasteiger charge is 2.11. The lowest BCUT2D eigenvalue weighted by atomic mass is 10.1. The van der Waals surface area contributed by atoms with Gasteiger partial charge in [0.2, 0.25) is 0 Å². The summed E-state index contributed by atoms with van der Waals surface area (Å²) in [4.78, 5) is 0. The van der Waals surface area contributed by atoms with Crippen LogP contribution in [0.2, 0.25) is 0 Å². The normalized spacial score (nSPS) is 12.6. The monoisotopic (exact) mass is 238 g/mol. The van der Waals surface area contributed by atoms with Crippen molar-refractivity contribution in [3.8, 4) is 0 Å². The number of rotatable bonds is 4. The number of hydrogen-bond acceptors (Lipinski definition) is 3. The molecule has 1 aromatic heterocycles. The number of aromatic nitrogens is 1. The molecule has 0 spiro atoms. The summed E-state index contributed by atoms with van der Waals surface area (Å²) in [5, 5.41) is 6.63. The minimum Gasteiger partial charge on any atom is -0.360 e. The molecule has 0 amide bonds. The van der Waals surface area contributed by atoms with E-state index in [1.165, 1.54) is 12.1 Å². The van der Waals surface area contributed by atoms with Gasteiger partial charge in [-0.05, 0) is 13.0 Å². The summed E-state index contributed by atoms with van der Waals surface area (Å²) in [7, 11) is 0. The Morgan fingerprint density at radius 1 is 1.35 bits per heavy atom. The molecular formula is C12H12F2N2O. The highest BCUT2D eigenvalue weighted by Crippen LogP contribution is 2.18. The Labute approximate surface area is 97.4 Å². The molecule has 0 saturated heterocycles. The van der Waals surface area contributed by atoms with Gasteiger partial charge in [-0.1, -0.05) is 11.2 Å². The molecular weight excluding hydrogens is 226 g/mol. The molecule has 2 rings (SSSR count). The molecule has 5 heteroatoms. The van der Waals surface area contributed by atoms with Gasteiger partial charge in [0.15, 0.2) is 0 Å². The molecule has 1 unspecified atom stereocenters. The zero-order valence-corrected chi connectivity index (χ0v) is 9.28. The van der Waals surface area contributed by atoms with Crippen LogP contribution in [0.4, 0.5) is 8.78 Å². The predicted molar refractivity (Wildman–Crippen MR) is 58.1 cm³/mol. The Morgan fingerprint density at radius 2 is 2.18 bits per heavy atom. The molecule has 0 radical (unpaired) electrons. The molecule has 1 atom stereocenters. The third kappa shape index (κ3) is 2.88. The molecule has 1 N–H and O–H groups in total. The van der Waals surface area contributed by atoms with E-state index in [9.17, 15) is 8.78 Å². The minimum atomic E-state index is -0.575. The molecule has 0 saturated carbocycles. The second-order valence-corrected chi connectivity index (χ2v) is 3.75. The van der Waals surface area contributed by atoms with Gasteiger partial charge in [-0.3, -0.25) is 0 Å². The van der Waals surface area contributed by atoms with Gasteiger partial charge in [0.25, 0.3) is 0 Å². The van der Waals surface area contributed by atoms with Crippen molar-refractivity contribution >= 4 is 0 Å². The summed E-state index contributed by atoms with van der Waals surface area (Å²) < 4.78 is 31.1. The van der Waals surface area contributed by atoms with Crippen LogP contribution in [0.1, 0.15) is 24.3 Å². The quantitative estimate of drug-likeness (QED) is 0.890. The molecule has 2 aromatic rings. The van der Waals surface area contributed by atoms with Crippen molar-refractivity contribution in [2.75, 3.05) is 0 Å².